The van der Waals surface area contributed by atoms with Gasteiger partial charge in [-0.15, -0.1) is 0 Å². The standard InChI is InChI=1S/C26H37NO2/c1-4-6-7-8-9-10-11-22-12-15-24(16-13-22)27-19-23-14-17-25(18-26(23)28)29-20-21(3)5-2/h12-19,21,28H,4-11,20H2,1-3H3. The number of rotatable bonds is 13. The van der Waals surface area contributed by atoms with Crippen LogP contribution in [0.25, 0.3) is 0 Å². The number of aromatic hydroxyl groups is 1. The fourth-order valence-electron chi connectivity index (χ4n) is 3.08. The lowest BCUT2D eigenvalue weighted by Crippen LogP contribution is -2.07. The normalized spacial score (nSPS) is 12.4. The van der Waals surface area contributed by atoms with Gasteiger partial charge in [-0.25, -0.2) is 0 Å². The van der Waals surface area contributed by atoms with E-state index in [1.165, 1.54) is 44.1 Å². The first kappa shape index (κ1) is 23.0. The molecule has 0 spiro atoms. The second-order valence-corrected chi connectivity index (χ2v) is 7.99. The Labute approximate surface area is 176 Å². The molecule has 0 fully saturated rings. The van der Waals surface area contributed by atoms with Crippen LogP contribution in [0, 0.1) is 5.92 Å². The molecular weight excluding hydrogens is 358 g/mol. The van der Waals surface area contributed by atoms with E-state index in [9.17, 15) is 5.11 Å². The number of hydrogen-bond donors (Lipinski definition) is 1. The Kier molecular flexibility index (Phi) is 10.3. The Morgan fingerprint density at radius 2 is 1.69 bits per heavy atom. The van der Waals surface area contributed by atoms with Crippen molar-refractivity contribution in [3.8, 4) is 11.5 Å². The van der Waals surface area contributed by atoms with Gasteiger partial charge >= 0.3 is 0 Å². The maximum Gasteiger partial charge on any atom is 0.128 e. The summed E-state index contributed by atoms with van der Waals surface area (Å²) in [6.45, 7) is 7.21. The molecule has 3 heteroatoms. The maximum absolute atomic E-state index is 10.2. The fourth-order valence-corrected chi connectivity index (χ4v) is 3.08. The zero-order valence-electron chi connectivity index (χ0n) is 18.4. The molecule has 3 nitrogen and oxygen atoms in total. The van der Waals surface area contributed by atoms with E-state index in [4.69, 9.17) is 4.74 Å². The SMILES string of the molecule is CCCCCCCCc1ccc(N=Cc2ccc(OCC(C)CC)cc2O)cc1. The molecule has 1 atom stereocenters. The summed E-state index contributed by atoms with van der Waals surface area (Å²) in [6.07, 6.45) is 11.9. The highest BCUT2D eigenvalue weighted by Crippen LogP contribution is 2.24. The second-order valence-electron chi connectivity index (χ2n) is 7.99. The molecule has 2 rings (SSSR count). The predicted molar refractivity (Wildman–Crippen MR) is 124 cm³/mol. The van der Waals surface area contributed by atoms with Gasteiger partial charge in [0.1, 0.15) is 11.5 Å². The fraction of sp³-hybridized carbons (Fsp3) is 0.500. The number of aryl methyl sites for hydroxylation is 1. The Balaban J connectivity index is 1.83. The van der Waals surface area contributed by atoms with Gasteiger partial charge in [0.05, 0.1) is 12.3 Å². The first-order valence-corrected chi connectivity index (χ1v) is 11.2. The van der Waals surface area contributed by atoms with Crippen LogP contribution >= 0.6 is 0 Å². The highest BCUT2D eigenvalue weighted by atomic mass is 16.5. The lowest BCUT2D eigenvalue weighted by atomic mass is 10.0. The van der Waals surface area contributed by atoms with Crippen LogP contribution in [0.3, 0.4) is 0 Å². The van der Waals surface area contributed by atoms with Crippen LogP contribution in [-0.2, 0) is 6.42 Å². The van der Waals surface area contributed by atoms with Gasteiger partial charge in [0.15, 0.2) is 0 Å². The van der Waals surface area contributed by atoms with Gasteiger partial charge < -0.3 is 9.84 Å². The number of unbranched alkanes of at least 4 members (excludes halogenated alkanes) is 5. The topological polar surface area (TPSA) is 41.8 Å². The van der Waals surface area contributed by atoms with Crippen molar-refractivity contribution >= 4 is 11.9 Å². The van der Waals surface area contributed by atoms with Gasteiger partial charge in [0.25, 0.3) is 0 Å². The van der Waals surface area contributed by atoms with E-state index in [1.807, 2.05) is 24.3 Å². The Morgan fingerprint density at radius 3 is 2.38 bits per heavy atom. The predicted octanol–water partition coefficient (Wildman–Crippen LogP) is 7.47. The van der Waals surface area contributed by atoms with Crippen molar-refractivity contribution in [2.45, 2.75) is 72.1 Å². The first-order chi connectivity index (χ1) is 14.1. The average Bonchev–Trinajstić information content (AvgIpc) is 2.74. The first-order valence-electron chi connectivity index (χ1n) is 11.2. The molecule has 0 saturated heterocycles. The smallest absolute Gasteiger partial charge is 0.128 e. The van der Waals surface area contributed by atoms with Gasteiger partial charge in [-0.05, 0) is 48.6 Å². The van der Waals surface area contributed by atoms with Crippen molar-refractivity contribution < 1.29 is 9.84 Å². The monoisotopic (exact) mass is 395 g/mol. The second kappa shape index (κ2) is 13.0. The number of nitrogens with zero attached hydrogens (tertiary/aromatic N) is 1. The molecule has 0 bridgehead atoms. The lowest BCUT2D eigenvalue weighted by molar-refractivity contribution is 0.255. The third-order valence-electron chi connectivity index (χ3n) is 5.34. The molecule has 2 aromatic rings. The van der Waals surface area contributed by atoms with Crippen LogP contribution in [0.5, 0.6) is 11.5 Å². The molecule has 29 heavy (non-hydrogen) atoms. The van der Waals surface area contributed by atoms with E-state index in [-0.39, 0.29) is 5.75 Å². The molecule has 0 heterocycles. The molecule has 0 aliphatic heterocycles. The van der Waals surface area contributed by atoms with Gasteiger partial charge in [-0.1, -0.05) is 71.4 Å². The molecular formula is C26H37NO2. The number of hydrogen-bond acceptors (Lipinski definition) is 3. The minimum atomic E-state index is 0.190. The van der Waals surface area contributed by atoms with E-state index >= 15 is 0 Å². The van der Waals surface area contributed by atoms with E-state index in [1.54, 1.807) is 12.3 Å². The lowest BCUT2D eigenvalue weighted by Gasteiger charge is -2.11. The molecule has 0 radical (unpaired) electrons. The Morgan fingerprint density at radius 1 is 0.966 bits per heavy atom. The molecule has 0 aliphatic rings. The molecule has 1 N–H and O–H groups in total. The summed E-state index contributed by atoms with van der Waals surface area (Å²) in [5.74, 6) is 1.39. The zero-order valence-corrected chi connectivity index (χ0v) is 18.4. The third kappa shape index (κ3) is 8.72. The third-order valence-corrected chi connectivity index (χ3v) is 5.34. The summed E-state index contributed by atoms with van der Waals surface area (Å²) < 4.78 is 5.73. The maximum atomic E-state index is 10.2. The van der Waals surface area contributed by atoms with E-state index in [0.29, 0.717) is 23.8 Å². The minimum absolute atomic E-state index is 0.190. The summed E-state index contributed by atoms with van der Waals surface area (Å²) >= 11 is 0. The van der Waals surface area contributed by atoms with Crippen molar-refractivity contribution in [1.29, 1.82) is 0 Å². The van der Waals surface area contributed by atoms with Crippen LogP contribution in [0.1, 0.15) is 76.8 Å². The molecule has 0 saturated carbocycles. The molecule has 0 amide bonds. The molecule has 0 aromatic heterocycles. The zero-order chi connectivity index (χ0) is 20.9. The average molecular weight is 396 g/mol. The van der Waals surface area contributed by atoms with Crippen LogP contribution < -0.4 is 4.74 Å². The number of aliphatic imine (C=N–C) groups is 1. The van der Waals surface area contributed by atoms with Crippen LogP contribution in [-0.4, -0.2) is 17.9 Å². The van der Waals surface area contributed by atoms with Gasteiger partial charge in [0.2, 0.25) is 0 Å². The number of ether oxygens (including phenoxy) is 1. The summed E-state index contributed by atoms with van der Waals surface area (Å²) in [7, 11) is 0. The van der Waals surface area contributed by atoms with E-state index in [0.717, 1.165) is 18.5 Å². The minimum Gasteiger partial charge on any atom is -0.507 e. The van der Waals surface area contributed by atoms with Crippen LogP contribution in [0.4, 0.5) is 5.69 Å². The van der Waals surface area contributed by atoms with Crippen molar-refractivity contribution in [1.82, 2.24) is 0 Å². The molecule has 2 aromatic carbocycles. The summed E-state index contributed by atoms with van der Waals surface area (Å²) in [5, 5.41) is 10.2. The van der Waals surface area contributed by atoms with Crippen molar-refractivity contribution in [2.24, 2.45) is 10.9 Å². The molecule has 158 valence electrons. The summed E-state index contributed by atoms with van der Waals surface area (Å²) in [4.78, 5) is 4.50. The van der Waals surface area contributed by atoms with Crippen molar-refractivity contribution in [2.75, 3.05) is 6.61 Å². The van der Waals surface area contributed by atoms with Crippen molar-refractivity contribution in [3.63, 3.8) is 0 Å². The molecule has 0 aliphatic carbocycles. The highest BCUT2D eigenvalue weighted by Gasteiger charge is 2.04. The van der Waals surface area contributed by atoms with E-state index in [2.05, 4.69) is 37.9 Å². The van der Waals surface area contributed by atoms with Gasteiger partial charge in [0, 0.05) is 17.8 Å². The number of phenols is 1. The number of benzene rings is 2. The Bertz CT molecular complexity index is 737. The summed E-state index contributed by atoms with van der Waals surface area (Å²) in [6, 6.07) is 13.8. The summed E-state index contributed by atoms with van der Waals surface area (Å²) in [5.41, 5.74) is 2.95. The quantitative estimate of drug-likeness (QED) is 0.282. The van der Waals surface area contributed by atoms with Gasteiger partial charge in [-0.2, -0.15) is 0 Å². The highest BCUT2D eigenvalue weighted by molar-refractivity contribution is 5.85. The Hall–Kier alpha value is -2.29. The largest absolute Gasteiger partial charge is 0.507 e. The van der Waals surface area contributed by atoms with Gasteiger partial charge in [-0.3, -0.25) is 4.99 Å². The molecule has 1 unspecified atom stereocenters. The van der Waals surface area contributed by atoms with E-state index < -0.39 is 0 Å². The van der Waals surface area contributed by atoms with Crippen molar-refractivity contribution in [3.05, 3.63) is 53.6 Å². The van der Waals surface area contributed by atoms with Crippen LogP contribution in [0.15, 0.2) is 47.5 Å². The van der Waals surface area contributed by atoms with Crippen LogP contribution in [0.2, 0.25) is 0 Å². The number of phenolic OH excluding ortho intramolecular Hbond substituents is 1.